The minimum absolute atomic E-state index is 0.116. The zero-order valence-corrected chi connectivity index (χ0v) is 15.5. The van der Waals surface area contributed by atoms with Crippen molar-refractivity contribution in [2.75, 3.05) is 9.80 Å². The van der Waals surface area contributed by atoms with Gasteiger partial charge in [-0.15, -0.1) is 0 Å². The molecule has 2 aliphatic heterocycles. The summed E-state index contributed by atoms with van der Waals surface area (Å²) >= 11 is 0. The monoisotopic (exact) mass is 355 g/mol. The summed E-state index contributed by atoms with van der Waals surface area (Å²) in [4.78, 5) is 18.1. The highest BCUT2D eigenvalue weighted by molar-refractivity contribution is 5.88. The fraction of sp³-hybridized carbons (Fsp3) is 0.318. The van der Waals surface area contributed by atoms with Gasteiger partial charge < -0.3 is 9.80 Å². The predicted octanol–water partition coefficient (Wildman–Crippen LogP) is 4.56. The number of anilines is 4. The molecule has 3 aliphatic rings. The van der Waals surface area contributed by atoms with Crippen LogP contribution in [0.3, 0.4) is 0 Å². The van der Waals surface area contributed by atoms with Crippen LogP contribution in [-0.4, -0.2) is 21.1 Å². The van der Waals surface area contributed by atoms with Crippen LogP contribution in [0.4, 0.5) is 22.9 Å². The van der Waals surface area contributed by atoms with Crippen molar-refractivity contribution in [2.45, 2.75) is 38.3 Å². The summed E-state index contributed by atoms with van der Waals surface area (Å²) in [6.45, 7) is 4.88. The Morgan fingerprint density at radius 2 is 1.74 bits per heavy atom. The summed E-state index contributed by atoms with van der Waals surface area (Å²) in [5.41, 5.74) is 5.22. The quantitative estimate of drug-likeness (QED) is 0.640. The molecule has 0 N–H and O–H groups in total. The zero-order valence-electron chi connectivity index (χ0n) is 15.5. The summed E-state index contributed by atoms with van der Waals surface area (Å²) < 4.78 is 0. The van der Waals surface area contributed by atoms with Crippen molar-refractivity contribution in [1.82, 2.24) is 15.0 Å². The van der Waals surface area contributed by atoms with Gasteiger partial charge in [0.25, 0.3) is 0 Å². The molecule has 2 aromatic heterocycles. The van der Waals surface area contributed by atoms with E-state index in [0.717, 1.165) is 17.2 Å². The van der Waals surface area contributed by atoms with Gasteiger partial charge in [-0.3, -0.25) is 4.98 Å². The first kappa shape index (κ1) is 15.1. The molecule has 0 amide bonds. The lowest BCUT2D eigenvalue weighted by Gasteiger charge is -2.65. The van der Waals surface area contributed by atoms with Crippen molar-refractivity contribution in [1.29, 1.82) is 0 Å². The molecule has 0 spiro atoms. The number of benzene rings is 1. The number of nitrogens with zero attached hydrogens (tertiary/aromatic N) is 5. The third-order valence-corrected chi connectivity index (χ3v) is 7.32. The standard InChI is InChI=1S/C22H21N5/c1-21-9-10-22(21,2)20-26(15-7-11-23-12-8-15)19-18(13-24-14-25-19)27(20)17-6-4-3-5-16(17)21/h3-8,11-14,20H,9-10H2,1-2H3. The number of fused-ring (bicyclic) bond motifs is 8. The van der Waals surface area contributed by atoms with Gasteiger partial charge in [-0.25, -0.2) is 9.97 Å². The summed E-state index contributed by atoms with van der Waals surface area (Å²) in [7, 11) is 0. The molecule has 27 heavy (non-hydrogen) atoms. The molecule has 1 aliphatic carbocycles. The van der Waals surface area contributed by atoms with Crippen molar-refractivity contribution in [3.8, 4) is 0 Å². The second kappa shape index (κ2) is 4.85. The smallest absolute Gasteiger partial charge is 0.162 e. The summed E-state index contributed by atoms with van der Waals surface area (Å²) in [6, 6.07) is 13.0. The normalized spacial score (nSPS) is 30.1. The largest absolute Gasteiger partial charge is 0.315 e. The van der Waals surface area contributed by atoms with Gasteiger partial charge in [-0.1, -0.05) is 32.0 Å². The third kappa shape index (κ3) is 1.63. The molecule has 1 fully saturated rings. The lowest BCUT2D eigenvalue weighted by Crippen LogP contribution is -2.67. The Morgan fingerprint density at radius 1 is 0.926 bits per heavy atom. The number of para-hydroxylation sites is 1. The van der Waals surface area contributed by atoms with E-state index in [1.807, 2.05) is 18.6 Å². The van der Waals surface area contributed by atoms with Crippen LogP contribution in [-0.2, 0) is 5.41 Å². The summed E-state index contributed by atoms with van der Waals surface area (Å²) in [5.74, 6) is 0.980. The van der Waals surface area contributed by atoms with Gasteiger partial charge in [-0.2, -0.15) is 0 Å². The number of hydrogen-bond donors (Lipinski definition) is 0. The Labute approximate surface area is 158 Å². The molecule has 3 atom stereocenters. The maximum atomic E-state index is 4.70. The van der Waals surface area contributed by atoms with Crippen LogP contribution in [0.25, 0.3) is 0 Å². The van der Waals surface area contributed by atoms with Gasteiger partial charge in [0.15, 0.2) is 5.82 Å². The fourth-order valence-corrected chi connectivity index (χ4v) is 5.53. The van der Waals surface area contributed by atoms with E-state index in [0.29, 0.717) is 0 Å². The molecule has 0 radical (unpaired) electrons. The Morgan fingerprint density at radius 3 is 2.52 bits per heavy atom. The van der Waals surface area contributed by atoms with Gasteiger partial charge in [0.2, 0.25) is 0 Å². The van der Waals surface area contributed by atoms with Gasteiger partial charge in [0.1, 0.15) is 18.2 Å². The predicted molar refractivity (Wildman–Crippen MR) is 105 cm³/mol. The Balaban J connectivity index is 1.67. The van der Waals surface area contributed by atoms with E-state index in [2.05, 4.69) is 70.0 Å². The molecular formula is C22H21N5. The zero-order chi connectivity index (χ0) is 18.2. The molecule has 0 saturated heterocycles. The topological polar surface area (TPSA) is 45.2 Å². The minimum Gasteiger partial charge on any atom is -0.315 e. The molecular weight excluding hydrogens is 334 g/mol. The van der Waals surface area contributed by atoms with Gasteiger partial charge >= 0.3 is 0 Å². The van der Waals surface area contributed by atoms with Crippen molar-refractivity contribution in [3.63, 3.8) is 0 Å². The Bertz CT molecular complexity index is 1050. The van der Waals surface area contributed by atoms with E-state index in [-0.39, 0.29) is 17.0 Å². The van der Waals surface area contributed by atoms with Gasteiger partial charge in [-0.05, 0) is 36.6 Å². The van der Waals surface area contributed by atoms with E-state index >= 15 is 0 Å². The van der Waals surface area contributed by atoms with Gasteiger partial charge in [0, 0.05) is 34.6 Å². The molecule has 3 aromatic rings. The van der Waals surface area contributed by atoms with Crippen LogP contribution in [0, 0.1) is 5.41 Å². The van der Waals surface area contributed by atoms with Crippen molar-refractivity contribution >= 4 is 22.9 Å². The molecule has 4 heterocycles. The first-order valence-electron chi connectivity index (χ1n) is 9.53. The molecule has 5 nitrogen and oxygen atoms in total. The first-order valence-corrected chi connectivity index (χ1v) is 9.53. The van der Waals surface area contributed by atoms with Crippen LogP contribution in [0.5, 0.6) is 0 Å². The lowest BCUT2D eigenvalue weighted by molar-refractivity contribution is -0.00756. The highest BCUT2D eigenvalue weighted by atomic mass is 15.5. The molecule has 1 saturated carbocycles. The van der Waals surface area contributed by atoms with Crippen molar-refractivity contribution in [3.05, 3.63) is 66.9 Å². The number of pyridine rings is 1. The van der Waals surface area contributed by atoms with Crippen molar-refractivity contribution in [2.24, 2.45) is 5.41 Å². The SMILES string of the molecule is CC12CCC1(C)C1N(c3ccccc32)c2cncnc2N1c1ccncc1. The summed E-state index contributed by atoms with van der Waals surface area (Å²) in [6.07, 6.45) is 9.92. The lowest BCUT2D eigenvalue weighted by atomic mass is 9.45. The van der Waals surface area contributed by atoms with Crippen LogP contribution >= 0.6 is 0 Å². The average Bonchev–Trinajstić information content (AvgIpc) is 3.07. The molecule has 5 heteroatoms. The van der Waals surface area contributed by atoms with E-state index in [1.165, 1.54) is 24.1 Å². The van der Waals surface area contributed by atoms with Gasteiger partial charge in [0.05, 0.1) is 6.20 Å². The number of rotatable bonds is 1. The van der Waals surface area contributed by atoms with E-state index < -0.39 is 0 Å². The van der Waals surface area contributed by atoms with Crippen molar-refractivity contribution < 1.29 is 0 Å². The average molecular weight is 355 g/mol. The second-order valence-electron chi connectivity index (χ2n) is 8.32. The highest BCUT2D eigenvalue weighted by Crippen LogP contribution is 2.69. The highest BCUT2D eigenvalue weighted by Gasteiger charge is 2.66. The maximum absolute atomic E-state index is 4.70. The third-order valence-electron chi connectivity index (χ3n) is 7.32. The van der Waals surface area contributed by atoms with E-state index in [9.17, 15) is 0 Å². The fourth-order valence-electron chi connectivity index (χ4n) is 5.53. The number of aromatic nitrogens is 3. The van der Waals surface area contributed by atoms with Crippen LogP contribution in [0.15, 0.2) is 61.3 Å². The molecule has 1 aromatic carbocycles. The molecule has 134 valence electrons. The van der Waals surface area contributed by atoms with E-state index in [1.54, 1.807) is 6.33 Å². The first-order chi connectivity index (χ1) is 13.2. The van der Waals surface area contributed by atoms with Crippen LogP contribution in [0.1, 0.15) is 32.3 Å². The van der Waals surface area contributed by atoms with Crippen LogP contribution < -0.4 is 9.80 Å². The molecule has 6 rings (SSSR count). The summed E-state index contributed by atoms with van der Waals surface area (Å²) in [5, 5.41) is 0. The Kier molecular flexibility index (Phi) is 2.72. The minimum atomic E-state index is 0.116. The Hall–Kier alpha value is -2.95. The maximum Gasteiger partial charge on any atom is 0.162 e. The van der Waals surface area contributed by atoms with E-state index in [4.69, 9.17) is 4.98 Å². The second-order valence-corrected chi connectivity index (χ2v) is 8.32. The van der Waals surface area contributed by atoms with Crippen LogP contribution in [0.2, 0.25) is 0 Å². The molecule has 3 unspecified atom stereocenters. The number of hydrogen-bond acceptors (Lipinski definition) is 5. The molecule has 0 bridgehead atoms.